The van der Waals surface area contributed by atoms with Crippen LogP contribution in [0.1, 0.15) is 20.8 Å². The summed E-state index contributed by atoms with van der Waals surface area (Å²) in [5.74, 6) is 0. The van der Waals surface area contributed by atoms with E-state index >= 15 is 0 Å². The Labute approximate surface area is 117 Å². The van der Waals surface area contributed by atoms with E-state index in [0.717, 1.165) is 6.54 Å². The fraction of sp³-hybridized carbons (Fsp3) is 0.923. The third kappa shape index (κ3) is 9.69. The minimum atomic E-state index is -0.463. The summed E-state index contributed by atoms with van der Waals surface area (Å²) in [4.78, 5) is 18.4. The first kappa shape index (κ1) is 18.1. The first-order chi connectivity index (χ1) is 8.62. The summed E-state index contributed by atoms with van der Waals surface area (Å²) in [6.07, 6.45) is -0.516. The second-order valence-corrected chi connectivity index (χ2v) is 6.10. The third-order valence-corrected chi connectivity index (χ3v) is 2.52. The first-order valence-corrected chi connectivity index (χ1v) is 6.52. The number of rotatable bonds is 7. The van der Waals surface area contributed by atoms with Crippen molar-refractivity contribution >= 4 is 6.09 Å². The van der Waals surface area contributed by atoms with Gasteiger partial charge in [0.2, 0.25) is 0 Å². The number of hydrogen-bond acceptors (Lipinski definition) is 5. The van der Waals surface area contributed by atoms with Gasteiger partial charge in [0.1, 0.15) is 0 Å². The second kappa shape index (κ2) is 8.35. The topological polar surface area (TPSA) is 54.0 Å². The third-order valence-electron chi connectivity index (χ3n) is 2.52. The van der Waals surface area contributed by atoms with Gasteiger partial charge in [-0.1, -0.05) is 20.8 Å². The van der Waals surface area contributed by atoms with Gasteiger partial charge in [0.05, 0.1) is 12.7 Å². The normalized spacial score (nSPS) is 13.7. The zero-order chi connectivity index (χ0) is 15.1. The molecule has 0 saturated heterocycles. The molecule has 6 nitrogen and oxygen atoms in total. The molecule has 19 heavy (non-hydrogen) atoms. The van der Waals surface area contributed by atoms with Crippen LogP contribution in [0.15, 0.2) is 0 Å². The van der Waals surface area contributed by atoms with Gasteiger partial charge < -0.3 is 19.8 Å². The highest BCUT2D eigenvalue weighted by Crippen LogP contribution is 2.21. The quantitative estimate of drug-likeness (QED) is 0.707. The first-order valence-electron chi connectivity index (χ1n) is 6.52. The number of nitrogens with one attached hydrogen (secondary N) is 1. The van der Waals surface area contributed by atoms with Gasteiger partial charge in [0.15, 0.2) is 0 Å². The van der Waals surface area contributed by atoms with Crippen molar-refractivity contribution in [3.63, 3.8) is 0 Å². The van der Waals surface area contributed by atoms with Gasteiger partial charge >= 0.3 is 6.09 Å². The maximum absolute atomic E-state index is 11.4. The number of carbonyl (C=O) groups excluding carboxylic acids is 1. The minimum Gasteiger partial charge on any atom is -0.375 e. The molecule has 1 atom stereocenters. The minimum absolute atomic E-state index is 0.0439. The van der Waals surface area contributed by atoms with Gasteiger partial charge in [-0.05, 0) is 19.5 Å². The molecule has 0 aliphatic heterocycles. The number of ether oxygens (including phenoxy) is 1. The highest BCUT2D eigenvalue weighted by Gasteiger charge is 2.26. The van der Waals surface area contributed by atoms with Crippen LogP contribution in [-0.4, -0.2) is 70.0 Å². The summed E-state index contributed by atoms with van der Waals surface area (Å²) < 4.78 is 5.85. The maximum Gasteiger partial charge on any atom is 0.426 e. The van der Waals surface area contributed by atoms with E-state index in [4.69, 9.17) is 9.57 Å². The molecule has 0 aliphatic rings. The van der Waals surface area contributed by atoms with E-state index in [-0.39, 0.29) is 11.5 Å². The molecule has 0 radical (unpaired) electrons. The van der Waals surface area contributed by atoms with Crippen LogP contribution in [0.25, 0.3) is 0 Å². The van der Waals surface area contributed by atoms with Crippen LogP contribution in [0.3, 0.4) is 0 Å². The molecule has 6 heteroatoms. The molecule has 0 aliphatic carbocycles. The molecule has 1 unspecified atom stereocenters. The van der Waals surface area contributed by atoms with Crippen LogP contribution >= 0.6 is 0 Å². The molecule has 1 amide bonds. The molecule has 0 heterocycles. The van der Waals surface area contributed by atoms with E-state index in [9.17, 15) is 4.79 Å². The molecule has 1 N–H and O–H groups in total. The largest absolute Gasteiger partial charge is 0.426 e. The summed E-state index contributed by atoms with van der Waals surface area (Å²) >= 11 is 0. The van der Waals surface area contributed by atoms with E-state index in [1.54, 1.807) is 14.1 Å². The molecular weight excluding hydrogens is 246 g/mol. The van der Waals surface area contributed by atoms with Gasteiger partial charge in [-0.15, -0.1) is 5.06 Å². The van der Waals surface area contributed by atoms with Crippen LogP contribution in [-0.2, 0) is 9.57 Å². The predicted octanol–water partition coefficient (Wildman–Crippen LogP) is 1.18. The number of likely N-dealkylation sites (N-methyl/N-ethyl adjacent to an activating group) is 1. The van der Waals surface area contributed by atoms with Crippen molar-refractivity contribution in [3.8, 4) is 0 Å². The van der Waals surface area contributed by atoms with Crippen molar-refractivity contribution in [2.45, 2.75) is 26.9 Å². The van der Waals surface area contributed by atoms with Gasteiger partial charge in [-0.25, -0.2) is 4.79 Å². The monoisotopic (exact) mass is 275 g/mol. The highest BCUT2D eigenvalue weighted by molar-refractivity contribution is 5.66. The van der Waals surface area contributed by atoms with Crippen molar-refractivity contribution in [1.82, 2.24) is 15.3 Å². The summed E-state index contributed by atoms with van der Waals surface area (Å²) in [5, 5.41) is 4.07. The Balaban J connectivity index is 4.18. The molecule has 0 rings (SSSR count). The van der Waals surface area contributed by atoms with Crippen molar-refractivity contribution in [3.05, 3.63) is 0 Å². The Bertz CT molecular complexity index is 262. The van der Waals surface area contributed by atoms with E-state index < -0.39 is 6.09 Å². The summed E-state index contributed by atoms with van der Waals surface area (Å²) in [7, 11) is 7.33. The standard InChI is InChI=1S/C13H29N3O3/c1-13(2,3)11(18-9-8-15(4)5)10-14-12(17)19-16(6)7/h11H,8-10H2,1-7H3,(H,14,17). The molecule has 114 valence electrons. The SMILES string of the molecule is CN(C)CCOC(CNC(=O)ON(C)C)C(C)(C)C. The molecule has 0 bridgehead atoms. The van der Waals surface area contributed by atoms with Crippen molar-refractivity contribution in [2.75, 3.05) is 47.9 Å². The lowest BCUT2D eigenvalue weighted by Crippen LogP contribution is -2.43. The second-order valence-electron chi connectivity index (χ2n) is 6.10. The lowest BCUT2D eigenvalue weighted by atomic mass is 9.89. The van der Waals surface area contributed by atoms with Crippen LogP contribution in [0, 0.1) is 5.41 Å². The molecule has 0 fully saturated rings. The van der Waals surface area contributed by atoms with Crippen LogP contribution < -0.4 is 5.32 Å². The predicted molar refractivity (Wildman–Crippen MR) is 75.9 cm³/mol. The average Bonchev–Trinajstić information content (AvgIpc) is 2.19. The zero-order valence-electron chi connectivity index (χ0n) is 13.3. The number of hydroxylamine groups is 2. The number of carbonyl (C=O) groups is 1. The smallest absolute Gasteiger partial charge is 0.375 e. The van der Waals surface area contributed by atoms with E-state index in [2.05, 4.69) is 31.0 Å². The fourth-order valence-corrected chi connectivity index (χ4v) is 1.37. The van der Waals surface area contributed by atoms with Gasteiger partial charge in [-0.2, -0.15) is 0 Å². The fourth-order valence-electron chi connectivity index (χ4n) is 1.37. The van der Waals surface area contributed by atoms with E-state index in [1.165, 1.54) is 5.06 Å². The number of amides is 1. The van der Waals surface area contributed by atoms with E-state index in [0.29, 0.717) is 13.2 Å². The lowest BCUT2D eigenvalue weighted by molar-refractivity contribution is -0.0607. The zero-order valence-corrected chi connectivity index (χ0v) is 13.3. The van der Waals surface area contributed by atoms with Crippen LogP contribution in [0.5, 0.6) is 0 Å². The average molecular weight is 275 g/mol. The Hall–Kier alpha value is -0.850. The van der Waals surface area contributed by atoms with Crippen LogP contribution in [0.2, 0.25) is 0 Å². The van der Waals surface area contributed by atoms with Crippen molar-refractivity contribution in [2.24, 2.45) is 5.41 Å². The molecule has 0 aromatic heterocycles. The number of hydrogen-bond donors (Lipinski definition) is 1. The molecule has 0 aromatic carbocycles. The van der Waals surface area contributed by atoms with Gasteiger partial charge in [0, 0.05) is 27.2 Å². The summed E-state index contributed by atoms with van der Waals surface area (Å²) in [5.41, 5.74) is -0.0439. The molecule has 0 saturated carbocycles. The molecule has 0 aromatic rings. The van der Waals surface area contributed by atoms with Gasteiger partial charge in [-0.3, -0.25) is 0 Å². The summed E-state index contributed by atoms with van der Waals surface area (Å²) in [6.45, 7) is 8.20. The highest BCUT2D eigenvalue weighted by atomic mass is 16.7. The Morgan fingerprint density at radius 3 is 2.21 bits per heavy atom. The summed E-state index contributed by atoms with van der Waals surface area (Å²) in [6, 6.07) is 0. The van der Waals surface area contributed by atoms with Crippen molar-refractivity contribution < 1.29 is 14.4 Å². The Kier molecular flexibility index (Phi) is 7.97. The van der Waals surface area contributed by atoms with Crippen molar-refractivity contribution in [1.29, 1.82) is 0 Å². The van der Waals surface area contributed by atoms with Gasteiger partial charge in [0.25, 0.3) is 0 Å². The van der Waals surface area contributed by atoms with Crippen LogP contribution in [0.4, 0.5) is 4.79 Å². The lowest BCUT2D eigenvalue weighted by Gasteiger charge is -2.31. The maximum atomic E-state index is 11.4. The molecular formula is C13H29N3O3. The Morgan fingerprint density at radius 2 is 1.79 bits per heavy atom. The molecule has 0 spiro atoms. The number of nitrogens with zero attached hydrogens (tertiary/aromatic N) is 2. The van der Waals surface area contributed by atoms with E-state index in [1.807, 2.05) is 14.1 Å². The Morgan fingerprint density at radius 1 is 1.21 bits per heavy atom.